The molecule has 0 aliphatic carbocycles. The summed E-state index contributed by atoms with van der Waals surface area (Å²) in [6, 6.07) is 0.817. The zero-order valence-electron chi connectivity index (χ0n) is 7.13. The summed E-state index contributed by atoms with van der Waals surface area (Å²) in [7, 11) is 2.23. The van der Waals surface area contributed by atoms with Crippen LogP contribution in [-0.4, -0.2) is 36.5 Å². The maximum atomic E-state index is 2.46. The maximum Gasteiger partial charge on any atom is 0.00674 e. The first-order valence-electron chi connectivity index (χ1n) is 3.93. The van der Waals surface area contributed by atoms with E-state index in [1.54, 1.807) is 0 Å². The molecular weight excluding hydrogens is 142 g/mol. The fraction of sp³-hybridized carbons (Fsp3) is 1.00. The summed E-state index contributed by atoms with van der Waals surface area (Å²) >= 11 is 1.98. The molecule has 2 unspecified atom stereocenters. The van der Waals surface area contributed by atoms with Crippen LogP contribution in [0.4, 0.5) is 0 Å². The molecule has 0 aromatic rings. The van der Waals surface area contributed by atoms with Crippen molar-refractivity contribution in [3.8, 4) is 0 Å². The zero-order chi connectivity index (χ0) is 7.56. The molecule has 1 fully saturated rings. The first kappa shape index (κ1) is 8.41. The molecule has 0 bridgehead atoms. The predicted octanol–water partition coefficient (Wildman–Crippen LogP) is 1.69. The lowest BCUT2D eigenvalue weighted by Gasteiger charge is -2.12. The van der Waals surface area contributed by atoms with E-state index in [0.717, 1.165) is 12.0 Å². The van der Waals surface area contributed by atoms with Crippen LogP contribution in [0.25, 0.3) is 0 Å². The van der Waals surface area contributed by atoms with Crippen molar-refractivity contribution >= 4 is 11.8 Å². The Morgan fingerprint density at radius 2 is 2.30 bits per heavy atom. The molecule has 1 rings (SSSR count). The van der Waals surface area contributed by atoms with Crippen molar-refractivity contribution < 1.29 is 0 Å². The van der Waals surface area contributed by atoms with Crippen LogP contribution in [0, 0.1) is 5.92 Å². The number of hydrogen-bond donors (Lipinski definition) is 0. The minimum atomic E-state index is 0.817. The Labute approximate surface area is 68.2 Å². The van der Waals surface area contributed by atoms with Crippen LogP contribution in [0.3, 0.4) is 0 Å². The van der Waals surface area contributed by atoms with E-state index in [0.29, 0.717) is 0 Å². The summed E-state index contributed by atoms with van der Waals surface area (Å²) in [4.78, 5) is 2.46. The van der Waals surface area contributed by atoms with Gasteiger partial charge in [-0.05, 0) is 38.3 Å². The predicted molar refractivity (Wildman–Crippen MR) is 48.6 cm³/mol. The van der Waals surface area contributed by atoms with Gasteiger partial charge in [-0.2, -0.15) is 11.8 Å². The molecule has 1 aliphatic rings. The molecule has 0 aromatic heterocycles. The Morgan fingerprint density at radius 1 is 1.60 bits per heavy atom. The molecule has 2 atom stereocenters. The van der Waals surface area contributed by atoms with Crippen molar-refractivity contribution in [1.82, 2.24) is 4.90 Å². The molecule has 0 radical (unpaired) electrons. The molecule has 1 saturated heterocycles. The molecule has 0 saturated carbocycles. The highest BCUT2D eigenvalue weighted by Crippen LogP contribution is 2.23. The monoisotopic (exact) mass is 159 g/mol. The lowest BCUT2D eigenvalue weighted by molar-refractivity contribution is 0.327. The van der Waals surface area contributed by atoms with E-state index >= 15 is 0 Å². The van der Waals surface area contributed by atoms with Gasteiger partial charge in [0.05, 0.1) is 0 Å². The molecule has 0 N–H and O–H groups in total. The third-order valence-corrected chi connectivity index (χ3v) is 3.18. The topological polar surface area (TPSA) is 3.24 Å². The van der Waals surface area contributed by atoms with E-state index in [4.69, 9.17) is 0 Å². The van der Waals surface area contributed by atoms with Crippen LogP contribution in [0.15, 0.2) is 0 Å². The van der Waals surface area contributed by atoms with Crippen LogP contribution < -0.4 is 0 Å². The molecule has 10 heavy (non-hydrogen) atoms. The molecule has 2 heteroatoms. The summed E-state index contributed by atoms with van der Waals surface area (Å²) in [6.07, 6.45) is 3.60. The van der Waals surface area contributed by atoms with E-state index < -0.39 is 0 Å². The van der Waals surface area contributed by atoms with Gasteiger partial charge in [0, 0.05) is 12.6 Å². The fourth-order valence-corrected chi connectivity index (χ4v) is 2.39. The highest BCUT2D eigenvalue weighted by atomic mass is 32.2. The summed E-state index contributed by atoms with van der Waals surface area (Å²) in [5.74, 6) is 2.30. The Morgan fingerprint density at radius 3 is 2.70 bits per heavy atom. The third kappa shape index (κ3) is 1.89. The lowest BCUT2D eigenvalue weighted by atomic mass is 10.1. The second-order valence-corrected chi connectivity index (χ2v) is 4.26. The minimum absolute atomic E-state index is 0.817. The summed E-state index contributed by atoms with van der Waals surface area (Å²) in [5, 5.41) is 0. The van der Waals surface area contributed by atoms with Crippen molar-refractivity contribution in [3.05, 3.63) is 0 Å². The van der Waals surface area contributed by atoms with Gasteiger partial charge >= 0.3 is 0 Å². The molecule has 60 valence electrons. The first-order valence-corrected chi connectivity index (χ1v) is 5.32. The largest absolute Gasteiger partial charge is 0.303 e. The first-order chi connectivity index (χ1) is 4.74. The molecule has 1 aliphatic heterocycles. The van der Waals surface area contributed by atoms with Gasteiger partial charge in [0.25, 0.3) is 0 Å². The van der Waals surface area contributed by atoms with Gasteiger partial charge in [0.1, 0.15) is 0 Å². The van der Waals surface area contributed by atoms with Crippen molar-refractivity contribution in [3.63, 3.8) is 0 Å². The standard InChI is InChI=1S/C8H17NS/c1-7-4-8(6-10-3)5-9(7)2/h7-8H,4-6H2,1-3H3. The van der Waals surface area contributed by atoms with Crippen LogP contribution in [0.5, 0.6) is 0 Å². The van der Waals surface area contributed by atoms with Crippen LogP contribution in [0.2, 0.25) is 0 Å². The van der Waals surface area contributed by atoms with Gasteiger partial charge in [-0.15, -0.1) is 0 Å². The highest BCUT2D eigenvalue weighted by molar-refractivity contribution is 7.98. The summed E-state index contributed by atoms with van der Waals surface area (Å²) < 4.78 is 0. The van der Waals surface area contributed by atoms with Gasteiger partial charge in [0.2, 0.25) is 0 Å². The van der Waals surface area contributed by atoms with E-state index in [-0.39, 0.29) is 0 Å². The van der Waals surface area contributed by atoms with E-state index in [1.807, 2.05) is 11.8 Å². The van der Waals surface area contributed by atoms with E-state index in [2.05, 4.69) is 25.1 Å². The SMILES string of the molecule is CSCC1CC(C)N(C)C1. The van der Waals surface area contributed by atoms with E-state index in [1.165, 1.54) is 18.7 Å². The van der Waals surface area contributed by atoms with Gasteiger partial charge in [-0.3, -0.25) is 0 Å². The quantitative estimate of drug-likeness (QED) is 0.603. The lowest BCUT2D eigenvalue weighted by Crippen LogP contribution is -2.21. The number of rotatable bonds is 2. The Hall–Kier alpha value is 0.310. The second-order valence-electron chi connectivity index (χ2n) is 3.35. The smallest absolute Gasteiger partial charge is 0.00674 e. The fourth-order valence-electron chi connectivity index (χ4n) is 1.68. The average molecular weight is 159 g/mol. The van der Waals surface area contributed by atoms with Gasteiger partial charge < -0.3 is 4.90 Å². The van der Waals surface area contributed by atoms with E-state index in [9.17, 15) is 0 Å². The number of nitrogens with zero attached hydrogens (tertiary/aromatic N) is 1. The van der Waals surface area contributed by atoms with Crippen LogP contribution in [-0.2, 0) is 0 Å². The number of thioether (sulfide) groups is 1. The molecule has 1 heterocycles. The Balaban J connectivity index is 2.27. The molecule has 0 amide bonds. The average Bonchev–Trinajstić information content (AvgIpc) is 2.14. The molecule has 1 nitrogen and oxygen atoms in total. The number of likely N-dealkylation sites (tertiary alicyclic amines) is 1. The van der Waals surface area contributed by atoms with Crippen LogP contribution in [0.1, 0.15) is 13.3 Å². The highest BCUT2D eigenvalue weighted by Gasteiger charge is 2.24. The third-order valence-electron chi connectivity index (χ3n) is 2.38. The molecule has 0 aromatic carbocycles. The van der Waals surface area contributed by atoms with Gasteiger partial charge in [-0.1, -0.05) is 0 Å². The normalized spacial score (nSPS) is 35.1. The minimum Gasteiger partial charge on any atom is -0.303 e. The van der Waals surface area contributed by atoms with Crippen LogP contribution >= 0.6 is 11.8 Å². The van der Waals surface area contributed by atoms with Crippen molar-refractivity contribution in [2.75, 3.05) is 25.6 Å². The zero-order valence-corrected chi connectivity index (χ0v) is 7.95. The van der Waals surface area contributed by atoms with Gasteiger partial charge in [0.15, 0.2) is 0 Å². The van der Waals surface area contributed by atoms with Crippen molar-refractivity contribution in [2.45, 2.75) is 19.4 Å². The van der Waals surface area contributed by atoms with Crippen molar-refractivity contribution in [2.24, 2.45) is 5.92 Å². The van der Waals surface area contributed by atoms with Gasteiger partial charge in [-0.25, -0.2) is 0 Å². The summed E-state index contributed by atoms with van der Waals surface area (Å²) in [6.45, 7) is 3.63. The van der Waals surface area contributed by atoms with Crippen molar-refractivity contribution in [1.29, 1.82) is 0 Å². The maximum absolute atomic E-state index is 2.46. The molecular formula is C8H17NS. The number of hydrogen-bond acceptors (Lipinski definition) is 2. The molecule has 0 spiro atoms. The second kappa shape index (κ2) is 3.63. The Bertz CT molecular complexity index is 95.4. The Kier molecular flexibility index (Phi) is 3.05. The summed E-state index contributed by atoms with van der Waals surface area (Å²) in [5.41, 5.74) is 0.